The molecule has 6 nitrogen and oxygen atoms in total. The Morgan fingerprint density at radius 1 is 1.39 bits per heavy atom. The Morgan fingerprint density at radius 3 is 2.96 bits per heavy atom. The molecule has 6 heteroatoms. The minimum Gasteiger partial charge on any atom is -0.378 e. The van der Waals surface area contributed by atoms with E-state index in [-0.39, 0.29) is 12.0 Å². The van der Waals surface area contributed by atoms with Crippen molar-refractivity contribution in [1.82, 2.24) is 9.78 Å². The molecule has 23 heavy (non-hydrogen) atoms. The fourth-order valence-electron chi connectivity index (χ4n) is 2.50. The highest BCUT2D eigenvalue weighted by atomic mass is 16.5. The van der Waals surface area contributed by atoms with Gasteiger partial charge in [-0.05, 0) is 43.2 Å². The summed E-state index contributed by atoms with van der Waals surface area (Å²) < 4.78 is 12.7. The van der Waals surface area contributed by atoms with Gasteiger partial charge in [-0.15, -0.1) is 0 Å². The van der Waals surface area contributed by atoms with Gasteiger partial charge in [-0.25, -0.2) is 4.68 Å². The number of anilines is 1. The molecule has 0 radical (unpaired) electrons. The number of carbonyl (C=O) groups is 1. The normalized spacial score (nSPS) is 17.3. The zero-order valence-corrected chi connectivity index (χ0v) is 13.0. The molecule has 1 aliphatic heterocycles. The molecule has 1 amide bonds. The summed E-state index contributed by atoms with van der Waals surface area (Å²) in [6.07, 6.45) is 6.30. The maximum Gasteiger partial charge on any atom is 0.226 e. The van der Waals surface area contributed by atoms with Crippen molar-refractivity contribution in [3.63, 3.8) is 0 Å². The molecule has 1 atom stereocenters. The minimum absolute atomic E-state index is 0.0517. The minimum atomic E-state index is -0.0517. The number of carbonyl (C=O) groups excluding carboxylic acids is 1. The summed E-state index contributed by atoms with van der Waals surface area (Å²) in [5.41, 5.74) is 1.72. The lowest BCUT2D eigenvalue weighted by Gasteiger charge is -2.10. The fraction of sp³-hybridized carbons (Fsp3) is 0.412. The summed E-state index contributed by atoms with van der Waals surface area (Å²) in [4.78, 5) is 11.9. The van der Waals surface area contributed by atoms with Crippen molar-refractivity contribution in [3.05, 3.63) is 42.7 Å². The smallest absolute Gasteiger partial charge is 0.226 e. The van der Waals surface area contributed by atoms with Crippen LogP contribution in [0.25, 0.3) is 5.69 Å². The number of hydrogen-bond donors (Lipinski definition) is 1. The summed E-state index contributed by atoms with van der Waals surface area (Å²) in [7, 11) is 0. The zero-order chi connectivity index (χ0) is 15.9. The SMILES string of the molecule is O=C(CCOCC1CCCO1)Nc1ccc(-n2cccn2)cc1. The first-order valence-electron chi connectivity index (χ1n) is 7.90. The number of ether oxygens (including phenoxy) is 2. The van der Waals surface area contributed by atoms with Crippen LogP contribution in [0.15, 0.2) is 42.7 Å². The summed E-state index contributed by atoms with van der Waals surface area (Å²) in [5.74, 6) is -0.0517. The average molecular weight is 315 g/mol. The average Bonchev–Trinajstić information content (AvgIpc) is 3.26. The molecule has 1 saturated heterocycles. The van der Waals surface area contributed by atoms with Crippen molar-refractivity contribution in [1.29, 1.82) is 0 Å². The van der Waals surface area contributed by atoms with Crippen molar-refractivity contribution in [3.8, 4) is 5.69 Å². The molecule has 1 N–H and O–H groups in total. The van der Waals surface area contributed by atoms with Crippen LogP contribution in [0.2, 0.25) is 0 Å². The Bertz CT molecular complexity index is 605. The molecule has 2 aromatic rings. The Hall–Kier alpha value is -2.18. The monoisotopic (exact) mass is 315 g/mol. The van der Waals surface area contributed by atoms with Crippen LogP contribution in [0.4, 0.5) is 5.69 Å². The Morgan fingerprint density at radius 2 is 2.26 bits per heavy atom. The van der Waals surface area contributed by atoms with Crippen LogP contribution < -0.4 is 5.32 Å². The second kappa shape index (κ2) is 7.89. The quantitative estimate of drug-likeness (QED) is 0.797. The molecule has 0 spiro atoms. The molecule has 0 bridgehead atoms. The molecule has 1 fully saturated rings. The van der Waals surface area contributed by atoms with Gasteiger partial charge in [-0.1, -0.05) is 0 Å². The van der Waals surface area contributed by atoms with E-state index >= 15 is 0 Å². The van der Waals surface area contributed by atoms with Crippen LogP contribution in [0.3, 0.4) is 0 Å². The van der Waals surface area contributed by atoms with Gasteiger partial charge < -0.3 is 14.8 Å². The summed E-state index contributed by atoms with van der Waals surface area (Å²) >= 11 is 0. The predicted molar refractivity (Wildman–Crippen MR) is 86.6 cm³/mol. The maximum atomic E-state index is 11.9. The van der Waals surface area contributed by atoms with Crippen molar-refractivity contribution in [2.24, 2.45) is 0 Å². The van der Waals surface area contributed by atoms with E-state index in [1.165, 1.54) is 0 Å². The zero-order valence-electron chi connectivity index (χ0n) is 13.0. The van der Waals surface area contributed by atoms with Crippen LogP contribution in [0.1, 0.15) is 19.3 Å². The molecular weight excluding hydrogens is 294 g/mol. The number of rotatable bonds is 7. The van der Waals surface area contributed by atoms with E-state index in [0.29, 0.717) is 19.6 Å². The Labute approximate surface area is 135 Å². The van der Waals surface area contributed by atoms with Crippen LogP contribution >= 0.6 is 0 Å². The third kappa shape index (κ3) is 4.64. The van der Waals surface area contributed by atoms with E-state index in [0.717, 1.165) is 30.8 Å². The lowest BCUT2D eigenvalue weighted by atomic mass is 10.2. The third-order valence-electron chi connectivity index (χ3n) is 3.72. The molecule has 2 heterocycles. The number of amides is 1. The van der Waals surface area contributed by atoms with E-state index in [1.54, 1.807) is 10.9 Å². The second-order valence-electron chi connectivity index (χ2n) is 5.51. The van der Waals surface area contributed by atoms with E-state index in [4.69, 9.17) is 9.47 Å². The predicted octanol–water partition coefficient (Wildman–Crippen LogP) is 2.40. The number of nitrogens with one attached hydrogen (secondary N) is 1. The first-order valence-corrected chi connectivity index (χ1v) is 7.90. The van der Waals surface area contributed by atoms with Gasteiger partial charge in [0.2, 0.25) is 5.91 Å². The maximum absolute atomic E-state index is 11.9. The first-order chi connectivity index (χ1) is 11.3. The molecular formula is C17H21N3O3. The van der Waals surface area contributed by atoms with Crippen LogP contribution in [0.5, 0.6) is 0 Å². The molecule has 122 valence electrons. The van der Waals surface area contributed by atoms with Crippen LogP contribution in [-0.2, 0) is 14.3 Å². The van der Waals surface area contributed by atoms with Crippen molar-refractivity contribution >= 4 is 11.6 Å². The molecule has 0 aliphatic carbocycles. The number of benzene rings is 1. The third-order valence-corrected chi connectivity index (χ3v) is 3.72. The summed E-state index contributed by atoms with van der Waals surface area (Å²) in [6.45, 7) is 1.81. The first kappa shape index (κ1) is 15.7. The highest BCUT2D eigenvalue weighted by Crippen LogP contribution is 2.13. The van der Waals surface area contributed by atoms with E-state index in [9.17, 15) is 4.79 Å². The lowest BCUT2D eigenvalue weighted by molar-refractivity contribution is -0.117. The molecule has 1 aliphatic rings. The van der Waals surface area contributed by atoms with Gasteiger partial charge in [0.1, 0.15) is 0 Å². The van der Waals surface area contributed by atoms with E-state index < -0.39 is 0 Å². The van der Waals surface area contributed by atoms with Gasteiger partial charge in [0.25, 0.3) is 0 Å². The summed E-state index contributed by atoms with van der Waals surface area (Å²) in [5, 5.41) is 7.03. The topological polar surface area (TPSA) is 65.4 Å². The molecule has 1 aromatic carbocycles. The number of aromatic nitrogens is 2. The molecule has 1 aromatic heterocycles. The van der Waals surface area contributed by atoms with Gasteiger partial charge in [0, 0.05) is 24.7 Å². The van der Waals surface area contributed by atoms with Gasteiger partial charge in [0.05, 0.1) is 31.4 Å². The standard InChI is InChI=1S/C17H21N3O3/c21-17(8-12-22-13-16-3-1-11-23-16)19-14-4-6-15(7-5-14)20-10-2-9-18-20/h2,4-7,9-10,16H,1,3,8,11-13H2,(H,19,21). The van der Waals surface area contributed by atoms with Crippen molar-refractivity contribution in [2.45, 2.75) is 25.4 Å². The van der Waals surface area contributed by atoms with Gasteiger partial charge in [0.15, 0.2) is 0 Å². The highest BCUT2D eigenvalue weighted by Gasteiger charge is 2.15. The summed E-state index contributed by atoms with van der Waals surface area (Å²) in [6, 6.07) is 9.42. The van der Waals surface area contributed by atoms with Crippen molar-refractivity contribution in [2.75, 3.05) is 25.1 Å². The molecule has 0 saturated carbocycles. The number of nitrogens with zero attached hydrogens (tertiary/aromatic N) is 2. The van der Waals surface area contributed by atoms with E-state index in [1.807, 2.05) is 36.5 Å². The largest absolute Gasteiger partial charge is 0.378 e. The lowest BCUT2D eigenvalue weighted by Crippen LogP contribution is -2.18. The van der Waals surface area contributed by atoms with Gasteiger partial charge in [-0.3, -0.25) is 4.79 Å². The second-order valence-corrected chi connectivity index (χ2v) is 5.51. The number of hydrogen-bond acceptors (Lipinski definition) is 4. The molecule has 3 rings (SSSR count). The van der Waals surface area contributed by atoms with Gasteiger partial charge in [-0.2, -0.15) is 5.10 Å². The Kier molecular flexibility index (Phi) is 5.39. The Balaban J connectivity index is 1.39. The van der Waals surface area contributed by atoms with Crippen LogP contribution in [0, 0.1) is 0 Å². The van der Waals surface area contributed by atoms with Gasteiger partial charge >= 0.3 is 0 Å². The molecule has 1 unspecified atom stereocenters. The van der Waals surface area contributed by atoms with E-state index in [2.05, 4.69) is 10.4 Å². The highest BCUT2D eigenvalue weighted by molar-refractivity contribution is 5.90. The fourth-order valence-corrected chi connectivity index (χ4v) is 2.50. The van der Waals surface area contributed by atoms with Crippen LogP contribution in [-0.4, -0.2) is 41.6 Å². The van der Waals surface area contributed by atoms with Crippen molar-refractivity contribution < 1.29 is 14.3 Å².